The molecule has 0 amide bonds. The van der Waals surface area contributed by atoms with Gasteiger partial charge < -0.3 is 0 Å². The van der Waals surface area contributed by atoms with Crippen LogP contribution in [0.4, 0.5) is 5.69 Å². The Kier molecular flexibility index (Phi) is 3.85. The SMILES string of the molecule is O=[N+]([O-])c1cccc2nc(C=Cc3ccccc3Cl)ccc12. The van der Waals surface area contributed by atoms with E-state index in [1.54, 1.807) is 24.3 Å². The maximum atomic E-state index is 11.0. The number of halogens is 1. The van der Waals surface area contributed by atoms with Gasteiger partial charge in [-0.25, -0.2) is 4.98 Å². The van der Waals surface area contributed by atoms with Crippen molar-refractivity contribution >= 4 is 40.3 Å². The molecule has 0 N–H and O–H groups in total. The van der Waals surface area contributed by atoms with E-state index in [1.165, 1.54) is 6.07 Å². The summed E-state index contributed by atoms with van der Waals surface area (Å²) in [7, 11) is 0. The van der Waals surface area contributed by atoms with Gasteiger partial charge in [0.1, 0.15) is 0 Å². The lowest BCUT2D eigenvalue weighted by atomic mass is 10.1. The van der Waals surface area contributed by atoms with Crippen molar-refractivity contribution in [1.82, 2.24) is 4.98 Å². The summed E-state index contributed by atoms with van der Waals surface area (Å²) < 4.78 is 0. The summed E-state index contributed by atoms with van der Waals surface area (Å²) in [5.74, 6) is 0. The predicted octanol–water partition coefficient (Wildman–Crippen LogP) is 4.97. The second-order valence-electron chi connectivity index (χ2n) is 4.69. The lowest BCUT2D eigenvalue weighted by Crippen LogP contribution is -1.91. The molecule has 0 fully saturated rings. The average Bonchev–Trinajstić information content (AvgIpc) is 2.53. The second kappa shape index (κ2) is 5.95. The first-order chi connectivity index (χ1) is 10.6. The summed E-state index contributed by atoms with van der Waals surface area (Å²) in [6.07, 6.45) is 3.70. The van der Waals surface area contributed by atoms with Crippen molar-refractivity contribution in [3.63, 3.8) is 0 Å². The molecular weight excluding hydrogens is 300 g/mol. The van der Waals surface area contributed by atoms with Crippen LogP contribution in [0, 0.1) is 10.1 Å². The Bertz CT molecular complexity index is 891. The smallest absolute Gasteiger partial charge is 0.258 e. The molecule has 2 aromatic carbocycles. The van der Waals surface area contributed by atoms with Crippen molar-refractivity contribution in [1.29, 1.82) is 0 Å². The summed E-state index contributed by atoms with van der Waals surface area (Å²) in [6.45, 7) is 0. The van der Waals surface area contributed by atoms with E-state index in [2.05, 4.69) is 4.98 Å². The highest BCUT2D eigenvalue weighted by molar-refractivity contribution is 6.32. The summed E-state index contributed by atoms with van der Waals surface area (Å²) in [5.41, 5.74) is 2.26. The van der Waals surface area contributed by atoms with Crippen LogP contribution in [-0.2, 0) is 0 Å². The van der Waals surface area contributed by atoms with Crippen LogP contribution in [0.25, 0.3) is 23.1 Å². The topological polar surface area (TPSA) is 56.0 Å². The normalized spacial score (nSPS) is 11.1. The molecule has 108 valence electrons. The highest BCUT2D eigenvalue weighted by atomic mass is 35.5. The summed E-state index contributed by atoms with van der Waals surface area (Å²) >= 11 is 6.09. The van der Waals surface area contributed by atoms with Crippen LogP contribution in [0.1, 0.15) is 11.3 Å². The predicted molar refractivity (Wildman–Crippen MR) is 88.8 cm³/mol. The van der Waals surface area contributed by atoms with Gasteiger partial charge in [-0.15, -0.1) is 0 Å². The van der Waals surface area contributed by atoms with Crippen molar-refractivity contribution in [3.05, 3.63) is 81.0 Å². The largest absolute Gasteiger partial charge is 0.278 e. The third-order valence-electron chi connectivity index (χ3n) is 3.27. The van der Waals surface area contributed by atoms with Gasteiger partial charge in [-0.1, -0.05) is 41.9 Å². The van der Waals surface area contributed by atoms with Gasteiger partial charge in [0.2, 0.25) is 0 Å². The highest BCUT2D eigenvalue weighted by Crippen LogP contribution is 2.25. The van der Waals surface area contributed by atoms with Crippen molar-refractivity contribution in [3.8, 4) is 0 Å². The van der Waals surface area contributed by atoms with Gasteiger partial charge in [0.05, 0.1) is 21.5 Å². The van der Waals surface area contributed by atoms with Crippen LogP contribution in [0.15, 0.2) is 54.6 Å². The molecule has 0 aliphatic rings. The molecule has 0 bridgehead atoms. The molecule has 0 aliphatic carbocycles. The number of aromatic nitrogens is 1. The number of hydrogen-bond donors (Lipinski definition) is 0. The maximum absolute atomic E-state index is 11.0. The molecule has 1 heterocycles. The number of nitrogens with zero attached hydrogens (tertiary/aromatic N) is 2. The molecular formula is C17H11ClN2O2. The van der Waals surface area contributed by atoms with Crippen molar-refractivity contribution in [2.75, 3.05) is 0 Å². The second-order valence-corrected chi connectivity index (χ2v) is 5.10. The van der Waals surface area contributed by atoms with Gasteiger partial charge in [-0.3, -0.25) is 10.1 Å². The van der Waals surface area contributed by atoms with Crippen LogP contribution < -0.4 is 0 Å². The third kappa shape index (κ3) is 2.82. The van der Waals surface area contributed by atoms with Crippen molar-refractivity contribution < 1.29 is 4.92 Å². The first-order valence-corrected chi connectivity index (χ1v) is 7.00. The van der Waals surface area contributed by atoms with Crippen LogP contribution in [-0.4, -0.2) is 9.91 Å². The van der Waals surface area contributed by atoms with E-state index in [-0.39, 0.29) is 5.69 Å². The van der Waals surface area contributed by atoms with Crippen LogP contribution in [0.2, 0.25) is 5.02 Å². The Hall–Kier alpha value is -2.72. The van der Waals surface area contributed by atoms with Crippen LogP contribution in [0.3, 0.4) is 0 Å². The minimum Gasteiger partial charge on any atom is -0.258 e. The molecule has 22 heavy (non-hydrogen) atoms. The summed E-state index contributed by atoms with van der Waals surface area (Å²) in [6, 6.07) is 15.8. The van der Waals surface area contributed by atoms with E-state index in [0.29, 0.717) is 21.6 Å². The number of benzene rings is 2. The van der Waals surface area contributed by atoms with E-state index in [9.17, 15) is 10.1 Å². The number of non-ortho nitro benzene ring substituents is 1. The number of fused-ring (bicyclic) bond motifs is 1. The van der Waals surface area contributed by atoms with Gasteiger partial charge >= 0.3 is 0 Å². The van der Waals surface area contributed by atoms with Gasteiger partial charge in [-0.2, -0.15) is 0 Å². The van der Waals surface area contributed by atoms with E-state index < -0.39 is 4.92 Å². The fourth-order valence-corrected chi connectivity index (χ4v) is 2.39. The Balaban J connectivity index is 2.00. The summed E-state index contributed by atoms with van der Waals surface area (Å²) in [5, 5.41) is 12.2. The zero-order valence-corrected chi connectivity index (χ0v) is 12.2. The molecule has 0 saturated heterocycles. The monoisotopic (exact) mass is 310 g/mol. The molecule has 0 spiro atoms. The number of rotatable bonds is 3. The van der Waals surface area contributed by atoms with Gasteiger partial charge in [-0.05, 0) is 35.9 Å². The summed E-state index contributed by atoms with van der Waals surface area (Å²) in [4.78, 5) is 15.0. The van der Waals surface area contributed by atoms with Gasteiger partial charge in [0.25, 0.3) is 5.69 Å². The Morgan fingerprint density at radius 2 is 1.82 bits per heavy atom. The molecule has 3 rings (SSSR count). The number of nitro benzene ring substituents is 1. The Morgan fingerprint density at radius 3 is 2.59 bits per heavy atom. The van der Waals surface area contributed by atoms with Crippen molar-refractivity contribution in [2.45, 2.75) is 0 Å². The molecule has 0 atom stereocenters. The number of pyridine rings is 1. The van der Waals surface area contributed by atoms with Crippen LogP contribution in [0.5, 0.6) is 0 Å². The fourth-order valence-electron chi connectivity index (χ4n) is 2.19. The number of hydrogen-bond acceptors (Lipinski definition) is 3. The van der Waals surface area contributed by atoms with E-state index in [0.717, 1.165) is 5.56 Å². The first-order valence-electron chi connectivity index (χ1n) is 6.62. The lowest BCUT2D eigenvalue weighted by Gasteiger charge is -2.01. The molecule has 5 heteroatoms. The van der Waals surface area contributed by atoms with E-state index in [1.807, 2.05) is 36.4 Å². The Labute approximate surface area is 131 Å². The van der Waals surface area contributed by atoms with Gasteiger partial charge in [0.15, 0.2) is 0 Å². The number of nitro groups is 1. The molecule has 0 radical (unpaired) electrons. The standard InChI is InChI=1S/C17H11ClN2O2/c18-15-5-2-1-4-12(15)8-9-13-10-11-14-16(19-13)6-3-7-17(14)20(21)22/h1-11H. The minimum atomic E-state index is -0.400. The molecule has 3 aromatic rings. The van der Waals surface area contributed by atoms with E-state index >= 15 is 0 Å². The van der Waals surface area contributed by atoms with Crippen LogP contribution >= 0.6 is 11.6 Å². The quantitative estimate of drug-likeness (QED) is 0.507. The molecule has 0 saturated carbocycles. The highest BCUT2D eigenvalue weighted by Gasteiger charge is 2.11. The molecule has 4 nitrogen and oxygen atoms in total. The Morgan fingerprint density at radius 1 is 1.00 bits per heavy atom. The zero-order chi connectivity index (χ0) is 15.5. The fraction of sp³-hybridized carbons (Fsp3) is 0. The third-order valence-corrected chi connectivity index (χ3v) is 3.61. The lowest BCUT2D eigenvalue weighted by molar-refractivity contribution is -0.383. The van der Waals surface area contributed by atoms with Gasteiger partial charge in [0, 0.05) is 11.1 Å². The minimum absolute atomic E-state index is 0.0617. The van der Waals surface area contributed by atoms with E-state index in [4.69, 9.17) is 11.6 Å². The maximum Gasteiger partial charge on any atom is 0.278 e. The molecule has 1 aromatic heterocycles. The average molecular weight is 311 g/mol. The zero-order valence-electron chi connectivity index (χ0n) is 11.4. The molecule has 0 aliphatic heterocycles. The molecule has 0 unspecified atom stereocenters. The van der Waals surface area contributed by atoms with Crippen molar-refractivity contribution in [2.24, 2.45) is 0 Å². The first kappa shape index (κ1) is 14.2.